The van der Waals surface area contributed by atoms with E-state index in [2.05, 4.69) is 5.32 Å². The van der Waals surface area contributed by atoms with E-state index < -0.39 is 0 Å². The van der Waals surface area contributed by atoms with E-state index in [1.165, 1.54) is 0 Å². The number of amides is 1. The van der Waals surface area contributed by atoms with Crippen molar-refractivity contribution in [1.82, 2.24) is 5.32 Å². The van der Waals surface area contributed by atoms with Crippen molar-refractivity contribution < 1.29 is 9.53 Å². The topological polar surface area (TPSA) is 38.3 Å². The molecule has 1 amide bonds. The summed E-state index contributed by atoms with van der Waals surface area (Å²) in [5.41, 5.74) is 3.66. The lowest BCUT2D eigenvalue weighted by atomic mass is 10.0. The molecule has 0 unspecified atom stereocenters. The minimum Gasteiger partial charge on any atom is -0.492 e. The Labute approximate surface area is 160 Å². The molecule has 0 spiro atoms. The van der Waals surface area contributed by atoms with Gasteiger partial charge in [-0.15, -0.1) is 0 Å². The first kappa shape index (κ1) is 18.5. The van der Waals surface area contributed by atoms with Gasteiger partial charge in [0.1, 0.15) is 12.4 Å². The summed E-state index contributed by atoms with van der Waals surface area (Å²) in [4.78, 5) is 12.8. The smallest absolute Gasteiger partial charge is 0.252 e. The number of nitrogens with one attached hydrogen (secondary N) is 1. The van der Waals surface area contributed by atoms with E-state index in [0.717, 1.165) is 22.4 Å². The molecule has 3 rings (SSSR count). The van der Waals surface area contributed by atoms with E-state index in [0.29, 0.717) is 18.7 Å². The van der Waals surface area contributed by atoms with Crippen LogP contribution in [0.4, 0.5) is 0 Å². The quantitative estimate of drug-likeness (QED) is 0.377. The number of aryl methyl sites for hydroxylation is 1. The predicted octanol–water partition coefficient (Wildman–Crippen LogP) is 4.73. The molecule has 136 valence electrons. The molecule has 0 fully saturated rings. The van der Waals surface area contributed by atoms with Gasteiger partial charge in [0.25, 0.3) is 5.91 Å². The number of carbonyl (C=O) groups excluding carboxylic acids is 1. The van der Waals surface area contributed by atoms with Crippen molar-refractivity contribution in [3.05, 3.63) is 102 Å². The number of benzene rings is 3. The fourth-order valence-corrected chi connectivity index (χ4v) is 2.75. The molecule has 0 atom stereocenters. The van der Waals surface area contributed by atoms with Gasteiger partial charge in [-0.05, 0) is 41.8 Å². The first-order valence-electron chi connectivity index (χ1n) is 9.02. The standard InChI is InChI=1S/C24H23NO2/c1-19-9-8-14-22(17-19)27-16-15-25-24(26)23(21-12-6-3-7-13-21)18-20-10-4-2-5-11-20/h2-14,17-18H,15-16H2,1H3,(H,25,26)/b23-18+. The van der Waals surface area contributed by atoms with Crippen LogP contribution < -0.4 is 10.1 Å². The third-order valence-corrected chi connectivity index (χ3v) is 4.09. The summed E-state index contributed by atoms with van der Waals surface area (Å²) in [6, 6.07) is 27.4. The van der Waals surface area contributed by atoms with E-state index in [1.807, 2.05) is 97.9 Å². The highest BCUT2D eigenvalue weighted by Crippen LogP contribution is 2.18. The SMILES string of the molecule is Cc1cccc(OCCNC(=O)/C(=C/c2ccccc2)c2ccccc2)c1. The molecule has 27 heavy (non-hydrogen) atoms. The van der Waals surface area contributed by atoms with Gasteiger partial charge in [0.2, 0.25) is 0 Å². The van der Waals surface area contributed by atoms with Crippen molar-refractivity contribution in [2.45, 2.75) is 6.92 Å². The average molecular weight is 357 g/mol. The Morgan fingerprint density at radius 3 is 2.33 bits per heavy atom. The zero-order valence-electron chi connectivity index (χ0n) is 15.4. The van der Waals surface area contributed by atoms with Crippen molar-refractivity contribution in [2.24, 2.45) is 0 Å². The van der Waals surface area contributed by atoms with Gasteiger partial charge in [-0.1, -0.05) is 72.8 Å². The molecule has 0 aromatic heterocycles. The molecular formula is C24H23NO2. The lowest BCUT2D eigenvalue weighted by Crippen LogP contribution is -2.28. The van der Waals surface area contributed by atoms with Gasteiger partial charge in [-0.3, -0.25) is 4.79 Å². The number of rotatable bonds is 7. The maximum Gasteiger partial charge on any atom is 0.252 e. The fourth-order valence-electron chi connectivity index (χ4n) is 2.75. The minimum atomic E-state index is -0.113. The maximum atomic E-state index is 12.8. The molecule has 0 radical (unpaired) electrons. The molecule has 0 bridgehead atoms. The zero-order chi connectivity index (χ0) is 18.9. The van der Waals surface area contributed by atoms with Gasteiger partial charge in [0.05, 0.1) is 6.54 Å². The van der Waals surface area contributed by atoms with Gasteiger partial charge in [0, 0.05) is 5.57 Å². The van der Waals surface area contributed by atoms with Gasteiger partial charge in [0.15, 0.2) is 0 Å². The highest BCUT2D eigenvalue weighted by Gasteiger charge is 2.11. The summed E-state index contributed by atoms with van der Waals surface area (Å²) in [7, 11) is 0. The van der Waals surface area contributed by atoms with Crippen molar-refractivity contribution in [3.8, 4) is 5.75 Å². The molecule has 3 nitrogen and oxygen atoms in total. The molecule has 3 aromatic carbocycles. The van der Waals surface area contributed by atoms with Crippen LogP contribution in [0.25, 0.3) is 11.6 Å². The summed E-state index contributed by atoms with van der Waals surface area (Å²) in [6.45, 7) is 2.88. The molecular weight excluding hydrogens is 334 g/mol. The van der Waals surface area contributed by atoms with E-state index in [1.54, 1.807) is 0 Å². The van der Waals surface area contributed by atoms with E-state index in [-0.39, 0.29) is 5.91 Å². The van der Waals surface area contributed by atoms with Crippen molar-refractivity contribution in [1.29, 1.82) is 0 Å². The second-order valence-electron chi connectivity index (χ2n) is 6.26. The summed E-state index contributed by atoms with van der Waals surface area (Å²) >= 11 is 0. The Balaban J connectivity index is 1.65. The Morgan fingerprint density at radius 2 is 1.63 bits per heavy atom. The highest BCUT2D eigenvalue weighted by molar-refractivity contribution is 6.24. The van der Waals surface area contributed by atoms with Crippen LogP contribution in [0.1, 0.15) is 16.7 Å². The average Bonchev–Trinajstić information content (AvgIpc) is 2.71. The number of hydrogen-bond acceptors (Lipinski definition) is 2. The van der Waals surface area contributed by atoms with Crippen molar-refractivity contribution >= 4 is 17.6 Å². The van der Waals surface area contributed by atoms with Crippen LogP contribution in [0.5, 0.6) is 5.75 Å². The molecule has 3 aromatic rings. The molecule has 0 heterocycles. The molecule has 0 aliphatic carbocycles. The zero-order valence-corrected chi connectivity index (χ0v) is 15.4. The third-order valence-electron chi connectivity index (χ3n) is 4.09. The second kappa shape index (κ2) is 9.39. The molecule has 3 heteroatoms. The van der Waals surface area contributed by atoms with Crippen LogP contribution in [0.15, 0.2) is 84.9 Å². The summed E-state index contributed by atoms with van der Waals surface area (Å²) in [5, 5.41) is 2.95. The third kappa shape index (κ3) is 5.58. The van der Waals surface area contributed by atoms with E-state index >= 15 is 0 Å². The second-order valence-corrected chi connectivity index (χ2v) is 6.26. The Morgan fingerprint density at radius 1 is 0.926 bits per heavy atom. The van der Waals surface area contributed by atoms with Gasteiger partial charge >= 0.3 is 0 Å². The van der Waals surface area contributed by atoms with Gasteiger partial charge in [-0.2, -0.15) is 0 Å². The molecule has 0 saturated heterocycles. The van der Waals surface area contributed by atoms with Crippen molar-refractivity contribution in [3.63, 3.8) is 0 Å². The highest BCUT2D eigenvalue weighted by atomic mass is 16.5. The number of ether oxygens (including phenoxy) is 1. The first-order valence-corrected chi connectivity index (χ1v) is 9.02. The van der Waals surface area contributed by atoms with Crippen LogP contribution in [-0.2, 0) is 4.79 Å². The molecule has 0 aliphatic heterocycles. The van der Waals surface area contributed by atoms with E-state index in [9.17, 15) is 4.79 Å². The lowest BCUT2D eigenvalue weighted by molar-refractivity contribution is -0.115. The number of hydrogen-bond donors (Lipinski definition) is 1. The van der Waals surface area contributed by atoms with E-state index in [4.69, 9.17) is 4.74 Å². The van der Waals surface area contributed by atoms with Crippen LogP contribution >= 0.6 is 0 Å². The largest absolute Gasteiger partial charge is 0.492 e. The van der Waals surface area contributed by atoms with Gasteiger partial charge in [-0.25, -0.2) is 0 Å². The Bertz CT molecular complexity index is 902. The van der Waals surface area contributed by atoms with Crippen LogP contribution in [0.2, 0.25) is 0 Å². The Hall–Kier alpha value is -3.33. The molecule has 0 saturated carbocycles. The Kier molecular flexibility index (Phi) is 6.42. The van der Waals surface area contributed by atoms with Crippen LogP contribution in [0, 0.1) is 6.92 Å². The van der Waals surface area contributed by atoms with Crippen LogP contribution in [0.3, 0.4) is 0 Å². The maximum absolute atomic E-state index is 12.8. The number of carbonyl (C=O) groups is 1. The minimum absolute atomic E-state index is 0.113. The van der Waals surface area contributed by atoms with Crippen LogP contribution in [-0.4, -0.2) is 19.1 Å². The normalized spacial score (nSPS) is 11.1. The van der Waals surface area contributed by atoms with Crippen molar-refractivity contribution in [2.75, 3.05) is 13.2 Å². The first-order chi connectivity index (χ1) is 13.2. The summed E-state index contributed by atoms with van der Waals surface area (Å²) in [5.74, 6) is 0.699. The summed E-state index contributed by atoms with van der Waals surface area (Å²) in [6.07, 6.45) is 1.91. The predicted molar refractivity (Wildman–Crippen MR) is 110 cm³/mol. The molecule has 1 N–H and O–H groups in total. The fraction of sp³-hybridized carbons (Fsp3) is 0.125. The summed E-state index contributed by atoms with van der Waals surface area (Å²) < 4.78 is 5.71. The lowest BCUT2D eigenvalue weighted by Gasteiger charge is -2.11. The van der Waals surface area contributed by atoms with Gasteiger partial charge < -0.3 is 10.1 Å². The molecule has 0 aliphatic rings. The monoisotopic (exact) mass is 357 g/mol.